The molecule has 0 unspecified atom stereocenters. The largest absolute Gasteiger partial charge is 0.320 e. The Hall–Kier alpha value is -1.97. The minimum atomic E-state index is 0.160. The van der Waals surface area contributed by atoms with Crippen LogP contribution in [-0.2, 0) is 6.42 Å². The average molecular weight is 227 g/mol. The minimum Gasteiger partial charge on any atom is -0.320 e. The van der Waals surface area contributed by atoms with Crippen molar-refractivity contribution < 1.29 is 10.0 Å². The molecule has 0 spiro atoms. The molecule has 0 atom stereocenters. The summed E-state index contributed by atoms with van der Waals surface area (Å²) in [4.78, 5) is 12.1. The Balaban J connectivity index is 0.000000514. The van der Waals surface area contributed by atoms with Crippen LogP contribution in [0.5, 0.6) is 0 Å². The summed E-state index contributed by atoms with van der Waals surface area (Å²) in [5, 5.41) is 6.50. The SMILES string of the molecule is NO.O=C1c2ccccc2Cc2ccccc21. The number of nitrogens with two attached hydrogens (primary N) is 1. The van der Waals surface area contributed by atoms with E-state index < -0.39 is 0 Å². The molecule has 0 saturated carbocycles. The van der Waals surface area contributed by atoms with Crippen molar-refractivity contribution in [2.75, 3.05) is 0 Å². The number of rotatable bonds is 0. The summed E-state index contributed by atoms with van der Waals surface area (Å²) in [5.74, 6) is 3.66. The zero-order valence-electron chi connectivity index (χ0n) is 9.26. The monoisotopic (exact) mass is 227 g/mol. The van der Waals surface area contributed by atoms with Crippen LogP contribution in [0.15, 0.2) is 48.5 Å². The second kappa shape index (κ2) is 4.91. The van der Waals surface area contributed by atoms with Gasteiger partial charge >= 0.3 is 0 Å². The highest BCUT2D eigenvalue weighted by Gasteiger charge is 2.21. The Bertz CT molecular complexity index is 502. The zero-order valence-corrected chi connectivity index (χ0v) is 9.26. The maximum Gasteiger partial charge on any atom is 0.193 e. The van der Waals surface area contributed by atoms with Gasteiger partial charge in [-0.1, -0.05) is 48.5 Å². The molecule has 3 N–H and O–H groups in total. The first-order valence-corrected chi connectivity index (χ1v) is 5.32. The molecule has 86 valence electrons. The van der Waals surface area contributed by atoms with Crippen molar-refractivity contribution in [2.45, 2.75) is 6.42 Å². The molecule has 0 amide bonds. The molecule has 2 aromatic rings. The van der Waals surface area contributed by atoms with Crippen molar-refractivity contribution in [3.63, 3.8) is 0 Å². The Morgan fingerprint density at radius 3 is 1.71 bits per heavy atom. The normalized spacial score (nSPS) is 12.0. The Kier molecular flexibility index (Phi) is 3.32. The predicted octanol–water partition coefficient (Wildman–Crippen LogP) is 2.16. The van der Waals surface area contributed by atoms with E-state index in [2.05, 4.69) is 5.90 Å². The first-order valence-electron chi connectivity index (χ1n) is 5.32. The molecule has 3 nitrogen and oxygen atoms in total. The number of ketones is 1. The lowest BCUT2D eigenvalue weighted by Gasteiger charge is -2.17. The lowest BCUT2D eigenvalue weighted by atomic mass is 9.85. The summed E-state index contributed by atoms with van der Waals surface area (Å²) in [6, 6.07) is 15.7. The third kappa shape index (κ3) is 1.98. The number of carbonyl (C=O) groups excluding carboxylic acids is 1. The van der Waals surface area contributed by atoms with Gasteiger partial charge in [0, 0.05) is 11.1 Å². The van der Waals surface area contributed by atoms with Crippen LogP contribution in [0.3, 0.4) is 0 Å². The molecular weight excluding hydrogens is 214 g/mol. The molecule has 0 saturated heterocycles. The molecule has 3 heteroatoms. The number of carbonyl (C=O) groups is 1. The van der Waals surface area contributed by atoms with E-state index in [0.717, 1.165) is 28.7 Å². The molecular formula is C14H13NO2. The van der Waals surface area contributed by atoms with Crippen molar-refractivity contribution in [3.05, 3.63) is 70.8 Å². The third-order valence-corrected chi connectivity index (χ3v) is 2.90. The Morgan fingerprint density at radius 2 is 1.24 bits per heavy atom. The standard InChI is InChI=1S/C14H10O.H3NO/c15-14-12-7-3-1-5-10(12)9-11-6-2-4-8-13(11)14;1-2/h1-8H,9H2;2H,1H2. The zero-order chi connectivity index (χ0) is 12.3. The summed E-state index contributed by atoms with van der Waals surface area (Å²) in [7, 11) is 0. The minimum absolute atomic E-state index is 0.160. The summed E-state index contributed by atoms with van der Waals surface area (Å²) in [6.07, 6.45) is 0.873. The maximum atomic E-state index is 12.1. The van der Waals surface area contributed by atoms with Gasteiger partial charge < -0.3 is 5.21 Å². The molecule has 3 rings (SSSR count). The van der Waals surface area contributed by atoms with E-state index in [1.54, 1.807) is 0 Å². The van der Waals surface area contributed by atoms with Gasteiger partial charge in [0.25, 0.3) is 0 Å². The van der Waals surface area contributed by atoms with Gasteiger partial charge in [-0.3, -0.25) is 4.79 Å². The fourth-order valence-electron chi connectivity index (χ4n) is 2.14. The molecule has 17 heavy (non-hydrogen) atoms. The van der Waals surface area contributed by atoms with E-state index in [9.17, 15) is 4.79 Å². The Labute approximate surface area is 99.5 Å². The molecule has 0 radical (unpaired) electrons. The number of fused-ring (bicyclic) bond motifs is 2. The number of hydrogen-bond donors (Lipinski definition) is 2. The van der Waals surface area contributed by atoms with Gasteiger partial charge in [0.05, 0.1) is 0 Å². The third-order valence-electron chi connectivity index (χ3n) is 2.90. The van der Waals surface area contributed by atoms with Gasteiger partial charge in [0.2, 0.25) is 0 Å². The summed E-state index contributed by atoms with van der Waals surface area (Å²) in [5.41, 5.74) is 4.00. The first-order chi connectivity index (χ1) is 8.36. The molecule has 0 fully saturated rings. The van der Waals surface area contributed by atoms with Crippen LogP contribution in [0.4, 0.5) is 0 Å². The smallest absolute Gasteiger partial charge is 0.193 e. The first kappa shape index (κ1) is 11.5. The predicted molar refractivity (Wildman–Crippen MR) is 65.1 cm³/mol. The van der Waals surface area contributed by atoms with Crippen LogP contribution in [0.1, 0.15) is 27.0 Å². The van der Waals surface area contributed by atoms with Crippen molar-refractivity contribution in [2.24, 2.45) is 5.90 Å². The van der Waals surface area contributed by atoms with Crippen molar-refractivity contribution >= 4 is 5.78 Å². The van der Waals surface area contributed by atoms with Gasteiger partial charge in [-0.15, -0.1) is 0 Å². The quantitative estimate of drug-likeness (QED) is 0.578. The van der Waals surface area contributed by atoms with Gasteiger partial charge in [-0.2, -0.15) is 0 Å². The van der Waals surface area contributed by atoms with E-state index in [0.29, 0.717) is 0 Å². The summed E-state index contributed by atoms with van der Waals surface area (Å²) >= 11 is 0. The highest BCUT2D eigenvalue weighted by atomic mass is 16.4. The average Bonchev–Trinajstić information content (AvgIpc) is 2.41. The lowest BCUT2D eigenvalue weighted by molar-refractivity contribution is 0.103. The molecule has 2 aromatic carbocycles. The molecule has 0 bridgehead atoms. The van der Waals surface area contributed by atoms with E-state index in [1.807, 2.05) is 48.5 Å². The number of benzene rings is 2. The van der Waals surface area contributed by atoms with Crippen molar-refractivity contribution in [1.29, 1.82) is 0 Å². The van der Waals surface area contributed by atoms with E-state index in [1.165, 1.54) is 0 Å². The molecule has 1 aliphatic rings. The number of hydrogen-bond acceptors (Lipinski definition) is 3. The van der Waals surface area contributed by atoms with Crippen LogP contribution < -0.4 is 5.90 Å². The van der Waals surface area contributed by atoms with Crippen LogP contribution in [-0.4, -0.2) is 11.0 Å². The van der Waals surface area contributed by atoms with Gasteiger partial charge in [-0.25, -0.2) is 5.90 Å². The Morgan fingerprint density at radius 1 is 0.824 bits per heavy atom. The fourth-order valence-corrected chi connectivity index (χ4v) is 2.14. The van der Waals surface area contributed by atoms with E-state index in [-0.39, 0.29) is 5.78 Å². The summed E-state index contributed by atoms with van der Waals surface area (Å²) < 4.78 is 0. The molecule has 1 aliphatic carbocycles. The van der Waals surface area contributed by atoms with Gasteiger partial charge in [0.15, 0.2) is 5.78 Å². The molecule has 0 aromatic heterocycles. The molecule has 0 aliphatic heterocycles. The van der Waals surface area contributed by atoms with E-state index in [4.69, 9.17) is 5.21 Å². The maximum absolute atomic E-state index is 12.1. The van der Waals surface area contributed by atoms with Gasteiger partial charge in [-0.05, 0) is 17.5 Å². The van der Waals surface area contributed by atoms with Crippen LogP contribution in [0, 0.1) is 0 Å². The second-order valence-corrected chi connectivity index (χ2v) is 3.82. The van der Waals surface area contributed by atoms with Crippen molar-refractivity contribution in [3.8, 4) is 0 Å². The van der Waals surface area contributed by atoms with E-state index >= 15 is 0 Å². The van der Waals surface area contributed by atoms with Crippen LogP contribution >= 0.6 is 0 Å². The fraction of sp³-hybridized carbons (Fsp3) is 0.0714. The van der Waals surface area contributed by atoms with Crippen molar-refractivity contribution in [1.82, 2.24) is 0 Å². The highest BCUT2D eigenvalue weighted by molar-refractivity contribution is 6.12. The van der Waals surface area contributed by atoms with Crippen LogP contribution in [0.25, 0.3) is 0 Å². The lowest BCUT2D eigenvalue weighted by Crippen LogP contribution is -2.14. The highest BCUT2D eigenvalue weighted by Crippen LogP contribution is 2.26. The summed E-state index contributed by atoms with van der Waals surface area (Å²) in [6.45, 7) is 0. The van der Waals surface area contributed by atoms with Gasteiger partial charge in [0.1, 0.15) is 0 Å². The topological polar surface area (TPSA) is 63.3 Å². The second-order valence-electron chi connectivity index (χ2n) is 3.82. The molecule has 0 heterocycles. The van der Waals surface area contributed by atoms with Crippen LogP contribution in [0.2, 0.25) is 0 Å².